The molecular weight excluding hydrogens is 317 g/mol. The third-order valence-electron chi connectivity index (χ3n) is 3.64. The van der Waals surface area contributed by atoms with Crippen LogP contribution in [0.5, 0.6) is 5.75 Å². The van der Waals surface area contributed by atoms with E-state index in [-0.39, 0.29) is 10.6 Å². The van der Waals surface area contributed by atoms with Crippen LogP contribution < -0.4 is 9.46 Å². The van der Waals surface area contributed by atoms with E-state index >= 15 is 0 Å². The largest absolute Gasteiger partial charge is 0.494 e. The van der Waals surface area contributed by atoms with Crippen molar-refractivity contribution in [1.82, 2.24) is 4.72 Å². The van der Waals surface area contributed by atoms with Gasteiger partial charge in [0, 0.05) is 6.04 Å². The second-order valence-electron chi connectivity index (χ2n) is 5.51. The first kappa shape index (κ1) is 17.4. The maximum absolute atomic E-state index is 13.8. The van der Waals surface area contributed by atoms with Crippen molar-refractivity contribution in [1.29, 1.82) is 0 Å². The predicted octanol–water partition coefficient (Wildman–Crippen LogP) is 3.49. The van der Waals surface area contributed by atoms with Crippen molar-refractivity contribution < 1.29 is 17.5 Å². The van der Waals surface area contributed by atoms with Crippen LogP contribution >= 0.6 is 0 Å². The molecule has 1 N–H and O–H groups in total. The molecule has 23 heavy (non-hydrogen) atoms. The molecule has 2 rings (SSSR count). The Morgan fingerprint density at radius 3 is 2.43 bits per heavy atom. The molecule has 0 bridgehead atoms. The lowest BCUT2D eigenvalue weighted by Crippen LogP contribution is -2.27. The van der Waals surface area contributed by atoms with Gasteiger partial charge in [-0.3, -0.25) is 0 Å². The van der Waals surface area contributed by atoms with Gasteiger partial charge in [0.25, 0.3) is 0 Å². The molecule has 0 aromatic heterocycles. The molecule has 1 atom stereocenters. The zero-order valence-corrected chi connectivity index (χ0v) is 14.4. The number of halogens is 1. The van der Waals surface area contributed by atoms with Crippen LogP contribution in [-0.2, 0) is 10.0 Å². The number of methoxy groups -OCH3 is 1. The van der Waals surface area contributed by atoms with Gasteiger partial charge in [-0.05, 0) is 55.7 Å². The fourth-order valence-electron chi connectivity index (χ4n) is 2.31. The number of benzene rings is 2. The number of rotatable bonds is 5. The van der Waals surface area contributed by atoms with E-state index in [2.05, 4.69) is 4.72 Å². The molecule has 0 fully saturated rings. The quantitative estimate of drug-likeness (QED) is 0.908. The van der Waals surface area contributed by atoms with Crippen LogP contribution in [0.15, 0.2) is 41.3 Å². The van der Waals surface area contributed by atoms with Gasteiger partial charge in [0.05, 0.1) is 12.0 Å². The topological polar surface area (TPSA) is 55.4 Å². The highest BCUT2D eigenvalue weighted by molar-refractivity contribution is 7.89. The van der Waals surface area contributed by atoms with E-state index in [9.17, 15) is 12.8 Å². The predicted molar refractivity (Wildman–Crippen MR) is 87.6 cm³/mol. The Hall–Kier alpha value is -1.92. The summed E-state index contributed by atoms with van der Waals surface area (Å²) in [5.41, 5.74) is 2.05. The fraction of sp³-hybridized carbons (Fsp3) is 0.294. The van der Waals surface area contributed by atoms with Gasteiger partial charge in [-0.15, -0.1) is 0 Å². The summed E-state index contributed by atoms with van der Waals surface area (Å²) in [5.74, 6) is -0.402. The summed E-state index contributed by atoms with van der Waals surface area (Å²) in [6, 6.07) is 9.07. The molecule has 0 aliphatic heterocycles. The maximum atomic E-state index is 13.8. The number of hydrogen-bond donors (Lipinski definition) is 1. The van der Waals surface area contributed by atoms with E-state index < -0.39 is 21.9 Å². The Morgan fingerprint density at radius 1 is 1.13 bits per heavy atom. The Labute approximate surface area is 136 Å². The van der Waals surface area contributed by atoms with Gasteiger partial charge < -0.3 is 4.74 Å². The van der Waals surface area contributed by atoms with Crippen LogP contribution in [0.2, 0.25) is 0 Å². The summed E-state index contributed by atoms with van der Waals surface area (Å²) in [7, 11) is -2.31. The number of nitrogens with one attached hydrogen (secondary N) is 1. The monoisotopic (exact) mass is 337 g/mol. The van der Waals surface area contributed by atoms with E-state index in [0.29, 0.717) is 11.1 Å². The lowest BCUT2D eigenvalue weighted by atomic mass is 10.1. The van der Waals surface area contributed by atoms with Gasteiger partial charge in [-0.25, -0.2) is 17.5 Å². The molecule has 0 heterocycles. The molecule has 0 aliphatic rings. The summed E-state index contributed by atoms with van der Waals surface area (Å²) >= 11 is 0. The highest BCUT2D eigenvalue weighted by atomic mass is 32.2. The molecule has 2 aromatic rings. The van der Waals surface area contributed by atoms with Gasteiger partial charge in [0.15, 0.2) is 11.6 Å². The van der Waals surface area contributed by atoms with Crippen LogP contribution in [0.4, 0.5) is 4.39 Å². The molecule has 0 saturated carbocycles. The smallest absolute Gasteiger partial charge is 0.241 e. The molecule has 0 aliphatic carbocycles. The first-order valence-electron chi connectivity index (χ1n) is 7.17. The fourth-order valence-corrected chi connectivity index (χ4v) is 3.87. The first-order valence-corrected chi connectivity index (χ1v) is 8.66. The molecule has 0 radical (unpaired) electrons. The molecule has 4 nitrogen and oxygen atoms in total. The summed E-state index contributed by atoms with van der Waals surface area (Å²) in [6.07, 6.45) is 0. The average molecular weight is 337 g/mol. The highest BCUT2D eigenvalue weighted by Gasteiger charge is 2.21. The Balaban J connectivity index is 2.29. The third kappa shape index (κ3) is 3.89. The summed E-state index contributed by atoms with van der Waals surface area (Å²) in [5, 5.41) is 0. The highest BCUT2D eigenvalue weighted by Crippen LogP contribution is 2.24. The van der Waals surface area contributed by atoms with Gasteiger partial charge in [0.1, 0.15) is 0 Å². The second-order valence-corrected chi connectivity index (χ2v) is 7.19. The van der Waals surface area contributed by atoms with Gasteiger partial charge in [0.2, 0.25) is 10.0 Å². The van der Waals surface area contributed by atoms with E-state index in [4.69, 9.17) is 4.74 Å². The summed E-state index contributed by atoms with van der Waals surface area (Å²) in [4.78, 5) is 0.235. The van der Waals surface area contributed by atoms with Crippen molar-refractivity contribution in [3.05, 3.63) is 58.9 Å². The number of ether oxygens (including phenoxy) is 1. The van der Waals surface area contributed by atoms with E-state index in [1.54, 1.807) is 32.0 Å². The first-order chi connectivity index (χ1) is 10.7. The van der Waals surface area contributed by atoms with E-state index in [0.717, 1.165) is 5.56 Å². The van der Waals surface area contributed by atoms with Crippen LogP contribution in [0, 0.1) is 19.7 Å². The lowest BCUT2D eigenvalue weighted by molar-refractivity contribution is 0.386. The summed E-state index contributed by atoms with van der Waals surface area (Å²) < 4.78 is 46.4. The SMILES string of the molecule is COc1ccc(C(C)NS(=O)(=O)c2cc(C)ccc2C)cc1F. The zero-order valence-electron chi connectivity index (χ0n) is 13.6. The maximum Gasteiger partial charge on any atom is 0.241 e. The van der Waals surface area contributed by atoms with Crippen molar-refractivity contribution in [2.24, 2.45) is 0 Å². The Morgan fingerprint density at radius 2 is 1.83 bits per heavy atom. The van der Waals surface area contributed by atoms with Gasteiger partial charge >= 0.3 is 0 Å². The van der Waals surface area contributed by atoms with E-state index in [1.165, 1.54) is 19.2 Å². The molecule has 1 unspecified atom stereocenters. The van der Waals surface area contributed by atoms with Crippen LogP contribution in [0.1, 0.15) is 29.7 Å². The van der Waals surface area contributed by atoms with Gasteiger partial charge in [-0.1, -0.05) is 18.2 Å². The zero-order chi connectivity index (χ0) is 17.2. The van der Waals surface area contributed by atoms with Crippen molar-refractivity contribution >= 4 is 10.0 Å². The molecule has 0 amide bonds. The average Bonchev–Trinajstić information content (AvgIpc) is 2.49. The minimum absolute atomic E-state index is 0.123. The second kappa shape index (κ2) is 6.68. The molecule has 6 heteroatoms. The van der Waals surface area contributed by atoms with Crippen LogP contribution in [0.3, 0.4) is 0 Å². The Kier molecular flexibility index (Phi) is 5.06. The molecule has 2 aromatic carbocycles. The molecule has 124 valence electrons. The van der Waals surface area contributed by atoms with Crippen LogP contribution in [-0.4, -0.2) is 15.5 Å². The normalized spacial score (nSPS) is 12.9. The van der Waals surface area contributed by atoms with Crippen molar-refractivity contribution in [3.8, 4) is 5.75 Å². The molecule has 0 saturated heterocycles. The lowest BCUT2D eigenvalue weighted by Gasteiger charge is -2.17. The number of sulfonamides is 1. The number of hydrogen-bond acceptors (Lipinski definition) is 3. The molecule has 0 spiro atoms. The third-order valence-corrected chi connectivity index (χ3v) is 5.32. The van der Waals surface area contributed by atoms with Gasteiger partial charge in [-0.2, -0.15) is 0 Å². The molecular formula is C17H20FNO3S. The minimum Gasteiger partial charge on any atom is -0.494 e. The van der Waals surface area contributed by atoms with Crippen molar-refractivity contribution in [3.63, 3.8) is 0 Å². The van der Waals surface area contributed by atoms with Crippen molar-refractivity contribution in [2.75, 3.05) is 7.11 Å². The standard InChI is InChI=1S/C17H20FNO3S/c1-11-5-6-12(2)17(9-11)23(20,21)19-13(3)14-7-8-16(22-4)15(18)10-14/h5-10,13,19H,1-4H3. The van der Waals surface area contributed by atoms with Crippen LogP contribution in [0.25, 0.3) is 0 Å². The minimum atomic E-state index is -3.69. The van der Waals surface area contributed by atoms with Crippen molar-refractivity contribution in [2.45, 2.75) is 31.7 Å². The Bertz CT molecular complexity index is 819. The van der Waals surface area contributed by atoms with E-state index in [1.807, 2.05) is 13.0 Å². The summed E-state index contributed by atoms with van der Waals surface area (Å²) in [6.45, 7) is 5.25. The number of aryl methyl sites for hydroxylation is 2.